The van der Waals surface area contributed by atoms with Gasteiger partial charge in [0.05, 0.1) is 42.9 Å². The number of fused-ring (bicyclic) bond motifs is 1. The number of alkyl halides is 4. The lowest BCUT2D eigenvalue weighted by molar-refractivity contribution is -0.122. The van der Waals surface area contributed by atoms with Crippen molar-refractivity contribution in [1.29, 1.82) is 0 Å². The van der Waals surface area contributed by atoms with Crippen molar-refractivity contribution in [2.75, 3.05) is 0 Å². The molecule has 0 aromatic carbocycles. The van der Waals surface area contributed by atoms with Crippen LogP contribution in [0, 0.1) is 17.8 Å². The van der Waals surface area contributed by atoms with E-state index >= 15 is 0 Å². The van der Waals surface area contributed by atoms with Crippen molar-refractivity contribution >= 4 is 17.5 Å². The van der Waals surface area contributed by atoms with Gasteiger partial charge in [0.2, 0.25) is 11.8 Å². The summed E-state index contributed by atoms with van der Waals surface area (Å²) < 4.78 is 56.2. The van der Waals surface area contributed by atoms with Gasteiger partial charge in [-0.25, -0.2) is 27.1 Å². The Morgan fingerprint density at radius 3 is 2.40 bits per heavy atom. The first-order valence-electron chi connectivity index (χ1n) is 14.6. The Bertz CT molecular complexity index is 1460. The van der Waals surface area contributed by atoms with Crippen molar-refractivity contribution in [3.05, 3.63) is 41.6 Å². The summed E-state index contributed by atoms with van der Waals surface area (Å²) in [5.41, 5.74) is 1.76. The Balaban J connectivity index is 1.24. The average Bonchev–Trinajstić information content (AvgIpc) is 3.75. The highest BCUT2D eigenvalue weighted by molar-refractivity contribution is 5.92. The van der Waals surface area contributed by atoms with E-state index in [0.717, 1.165) is 29.6 Å². The van der Waals surface area contributed by atoms with Gasteiger partial charge in [-0.1, -0.05) is 6.92 Å². The quantitative estimate of drug-likeness (QED) is 0.314. The molecule has 2 amide bonds. The number of hydrogen-bond donors (Lipinski definition) is 2. The van der Waals surface area contributed by atoms with E-state index in [-0.39, 0.29) is 62.2 Å². The molecule has 226 valence electrons. The molecule has 0 radical (unpaired) electrons. The number of halogens is 4. The number of carbonyl (C=O) groups excluding carboxylic acids is 2. The summed E-state index contributed by atoms with van der Waals surface area (Å²) in [6.07, 6.45) is 7.32. The summed E-state index contributed by atoms with van der Waals surface area (Å²) in [4.78, 5) is 31.4. The van der Waals surface area contributed by atoms with E-state index in [1.165, 1.54) is 6.20 Å². The van der Waals surface area contributed by atoms with Crippen LogP contribution in [0.25, 0.3) is 5.65 Å². The molecule has 10 nitrogen and oxygen atoms in total. The van der Waals surface area contributed by atoms with Crippen molar-refractivity contribution < 1.29 is 27.2 Å². The van der Waals surface area contributed by atoms with Gasteiger partial charge in [-0.05, 0) is 55.6 Å². The topological polar surface area (TPSA) is 119 Å². The minimum atomic E-state index is -2.76. The molecule has 3 saturated carbocycles. The van der Waals surface area contributed by atoms with Gasteiger partial charge in [-0.15, -0.1) is 5.10 Å². The Morgan fingerprint density at radius 2 is 1.74 bits per heavy atom. The first-order valence-corrected chi connectivity index (χ1v) is 14.6. The third-order valence-corrected chi connectivity index (χ3v) is 8.55. The number of hydrogen-bond acceptors (Lipinski definition) is 6. The second kappa shape index (κ2) is 10.9. The maximum atomic E-state index is 14.0. The van der Waals surface area contributed by atoms with E-state index in [4.69, 9.17) is 4.98 Å². The lowest BCUT2D eigenvalue weighted by atomic mass is 9.81. The number of carbonyl (C=O) groups is 2. The summed E-state index contributed by atoms with van der Waals surface area (Å²) in [7, 11) is 0. The minimum absolute atomic E-state index is 0.0158. The largest absolute Gasteiger partial charge is 0.349 e. The van der Waals surface area contributed by atoms with E-state index < -0.39 is 29.7 Å². The fourth-order valence-electron chi connectivity index (χ4n) is 5.80. The van der Waals surface area contributed by atoms with Gasteiger partial charge in [0.15, 0.2) is 11.3 Å². The van der Waals surface area contributed by atoms with Crippen LogP contribution in [0.5, 0.6) is 0 Å². The molecule has 1 unspecified atom stereocenters. The van der Waals surface area contributed by atoms with Crippen LogP contribution < -0.4 is 10.6 Å². The van der Waals surface area contributed by atoms with Gasteiger partial charge in [0.1, 0.15) is 0 Å². The highest BCUT2D eigenvalue weighted by atomic mass is 19.3. The molecule has 3 heterocycles. The summed E-state index contributed by atoms with van der Waals surface area (Å²) in [6, 6.07) is 0.981. The average molecular weight is 591 g/mol. The van der Waals surface area contributed by atoms with Crippen molar-refractivity contribution in [2.45, 2.75) is 95.2 Å². The summed E-state index contributed by atoms with van der Waals surface area (Å²) in [5, 5.41) is 18.6. The lowest BCUT2D eigenvalue weighted by Gasteiger charge is -2.33. The second-order valence-electron chi connectivity index (χ2n) is 12.0. The summed E-state index contributed by atoms with van der Waals surface area (Å²) in [5.74, 6) is -6.94. The van der Waals surface area contributed by atoms with Crippen LogP contribution in [0.3, 0.4) is 0 Å². The monoisotopic (exact) mass is 590 g/mol. The van der Waals surface area contributed by atoms with Gasteiger partial charge in [0.25, 0.3) is 11.8 Å². The third-order valence-electron chi connectivity index (χ3n) is 8.55. The molecule has 3 aromatic rings. The summed E-state index contributed by atoms with van der Waals surface area (Å²) >= 11 is 0. The standard InChI is InChI=1S/C28H34F4N8O2/c1-2-3-23(41)36-24(16-4-5-16)18-10-22-35-21(15-39(22)33-12-18)25(17-6-8-27(29,30)9-7-17)37-26(42)20-13-34-40(38-20)14-19-11-28(19,31)32/h10,12-13,15-17,19,24-25H,2-9,11,14H2,1H3,(H,36,41)(H,37,42)/t19?,24-,25+/m1/s1. The van der Waals surface area contributed by atoms with Crippen LogP contribution in [0.1, 0.15) is 98.5 Å². The van der Waals surface area contributed by atoms with Crippen LogP contribution in [0.2, 0.25) is 0 Å². The predicted octanol–water partition coefficient (Wildman–Crippen LogP) is 4.64. The Hall–Kier alpha value is -3.58. The molecule has 3 aromatic heterocycles. The zero-order valence-corrected chi connectivity index (χ0v) is 23.3. The number of aromatic nitrogens is 6. The van der Waals surface area contributed by atoms with Crippen molar-refractivity contribution in [2.24, 2.45) is 17.8 Å². The molecule has 0 saturated heterocycles. The van der Waals surface area contributed by atoms with E-state index in [1.807, 2.05) is 13.0 Å². The number of amides is 2. The molecule has 3 aliphatic carbocycles. The molecule has 6 rings (SSSR count). The molecular weight excluding hydrogens is 556 g/mol. The Kier molecular flexibility index (Phi) is 7.42. The predicted molar refractivity (Wildman–Crippen MR) is 142 cm³/mol. The molecular formula is C28H34F4N8O2. The van der Waals surface area contributed by atoms with Crippen LogP contribution in [-0.2, 0) is 11.3 Å². The van der Waals surface area contributed by atoms with Crippen molar-refractivity contribution in [1.82, 2.24) is 40.2 Å². The number of rotatable bonds is 11. The minimum Gasteiger partial charge on any atom is -0.349 e. The maximum Gasteiger partial charge on any atom is 0.274 e. The lowest BCUT2D eigenvalue weighted by Crippen LogP contribution is -2.37. The SMILES string of the molecule is CCCC(=O)N[C@@H](c1cnn2cc([C@@H](NC(=O)c3cnn(CC4CC4(F)F)n3)C3CCC(F)(F)CC3)nc2c1)C1CC1. The zero-order valence-electron chi connectivity index (χ0n) is 23.3. The Morgan fingerprint density at radius 1 is 1.02 bits per heavy atom. The number of imidazole rings is 1. The van der Waals surface area contributed by atoms with Crippen molar-refractivity contribution in [3.8, 4) is 0 Å². The first-order chi connectivity index (χ1) is 20.0. The van der Waals surface area contributed by atoms with E-state index in [1.54, 1.807) is 16.9 Å². The van der Waals surface area contributed by atoms with E-state index in [0.29, 0.717) is 23.7 Å². The van der Waals surface area contributed by atoms with E-state index in [2.05, 4.69) is 25.9 Å². The molecule has 42 heavy (non-hydrogen) atoms. The molecule has 14 heteroatoms. The zero-order chi connectivity index (χ0) is 29.6. The Labute approximate surface area is 239 Å². The highest BCUT2D eigenvalue weighted by Crippen LogP contribution is 2.49. The molecule has 0 spiro atoms. The number of nitrogens with one attached hydrogen (secondary N) is 2. The first kappa shape index (κ1) is 28.5. The molecule has 3 aliphatic rings. The van der Waals surface area contributed by atoms with Crippen LogP contribution >= 0.6 is 0 Å². The molecule has 0 aliphatic heterocycles. The van der Waals surface area contributed by atoms with Gasteiger partial charge >= 0.3 is 0 Å². The van der Waals surface area contributed by atoms with Gasteiger partial charge in [-0.3, -0.25) is 9.59 Å². The van der Waals surface area contributed by atoms with Gasteiger partial charge in [0, 0.05) is 31.6 Å². The van der Waals surface area contributed by atoms with Gasteiger partial charge in [-0.2, -0.15) is 15.0 Å². The van der Waals surface area contributed by atoms with Crippen molar-refractivity contribution in [3.63, 3.8) is 0 Å². The normalized spacial score (nSPS) is 22.9. The molecule has 3 atom stereocenters. The summed E-state index contributed by atoms with van der Waals surface area (Å²) in [6.45, 7) is 1.86. The number of nitrogens with zero attached hydrogens (tertiary/aromatic N) is 6. The molecule has 2 N–H and O–H groups in total. The third kappa shape index (κ3) is 6.26. The van der Waals surface area contributed by atoms with Crippen LogP contribution in [0.15, 0.2) is 24.7 Å². The fraction of sp³-hybridized carbons (Fsp3) is 0.643. The molecule has 3 fully saturated rings. The van der Waals surface area contributed by atoms with E-state index in [9.17, 15) is 27.2 Å². The van der Waals surface area contributed by atoms with Crippen LogP contribution in [-0.4, -0.2) is 53.3 Å². The maximum absolute atomic E-state index is 14.0. The smallest absolute Gasteiger partial charge is 0.274 e. The fourth-order valence-corrected chi connectivity index (χ4v) is 5.80. The second-order valence-corrected chi connectivity index (χ2v) is 12.0. The van der Waals surface area contributed by atoms with Crippen LogP contribution in [0.4, 0.5) is 17.6 Å². The van der Waals surface area contributed by atoms with Gasteiger partial charge < -0.3 is 10.6 Å². The molecule has 0 bridgehead atoms. The highest BCUT2D eigenvalue weighted by Gasteiger charge is 2.57.